The Kier molecular flexibility index (Phi) is 4.76. The van der Waals surface area contributed by atoms with Gasteiger partial charge >= 0.3 is 6.09 Å². The van der Waals surface area contributed by atoms with Crippen molar-refractivity contribution in [2.45, 2.75) is 39.5 Å². The molecule has 1 amide bonds. The Bertz CT molecular complexity index is 810. The first kappa shape index (κ1) is 18.0. The fourth-order valence-corrected chi connectivity index (χ4v) is 2.82. The minimum atomic E-state index is -0.524. The Morgan fingerprint density at radius 1 is 1.12 bits per heavy atom. The number of carbonyl (C=O) groups is 1. The van der Waals surface area contributed by atoms with E-state index >= 15 is 0 Å². The molecule has 0 fully saturated rings. The first-order chi connectivity index (χ1) is 12.3. The molecule has 1 aliphatic rings. The average molecular weight is 360 g/mol. The number of methoxy groups -OCH3 is 2. The van der Waals surface area contributed by atoms with Gasteiger partial charge in [-0.3, -0.25) is 4.90 Å². The predicted molar refractivity (Wildman–Crippen MR) is 95.2 cm³/mol. The molecule has 0 atom stereocenters. The van der Waals surface area contributed by atoms with Crippen molar-refractivity contribution < 1.29 is 19.0 Å². The maximum absolute atomic E-state index is 12.3. The van der Waals surface area contributed by atoms with Crippen molar-refractivity contribution in [3.8, 4) is 22.9 Å². The van der Waals surface area contributed by atoms with Crippen molar-refractivity contribution in [3.63, 3.8) is 0 Å². The highest BCUT2D eigenvalue weighted by Crippen LogP contribution is 2.33. The molecule has 3 rings (SSSR count). The molecule has 0 saturated carbocycles. The molecule has 1 aromatic heterocycles. The van der Waals surface area contributed by atoms with Crippen LogP contribution in [-0.4, -0.2) is 52.1 Å². The summed E-state index contributed by atoms with van der Waals surface area (Å²) in [6.45, 7) is 7.04. The summed E-state index contributed by atoms with van der Waals surface area (Å²) in [6.07, 6.45) is -0.338. The van der Waals surface area contributed by atoms with Gasteiger partial charge in [0.05, 0.1) is 26.3 Å². The second kappa shape index (κ2) is 6.86. The van der Waals surface area contributed by atoms with Crippen LogP contribution in [0.2, 0.25) is 0 Å². The van der Waals surface area contributed by atoms with E-state index in [1.807, 2.05) is 43.5 Å². The zero-order chi connectivity index (χ0) is 18.9. The quantitative estimate of drug-likeness (QED) is 0.837. The Balaban J connectivity index is 1.85. The molecule has 0 spiro atoms. The molecule has 0 bridgehead atoms. The number of ether oxygens (including phenoxy) is 3. The number of aromatic nitrogens is 3. The van der Waals surface area contributed by atoms with Crippen LogP contribution >= 0.6 is 0 Å². The fraction of sp³-hybridized carbons (Fsp3) is 0.500. The van der Waals surface area contributed by atoms with Gasteiger partial charge in [-0.05, 0) is 32.9 Å². The van der Waals surface area contributed by atoms with E-state index in [-0.39, 0.29) is 6.09 Å². The third-order valence-electron chi connectivity index (χ3n) is 4.05. The van der Waals surface area contributed by atoms with Crippen LogP contribution in [0.5, 0.6) is 11.5 Å². The molecule has 0 saturated heterocycles. The number of nitrogens with zero attached hydrogens (tertiary/aromatic N) is 4. The predicted octanol–water partition coefficient (Wildman–Crippen LogP) is 2.71. The van der Waals surface area contributed by atoms with Gasteiger partial charge in [0, 0.05) is 19.2 Å². The summed E-state index contributed by atoms with van der Waals surface area (Å²) in [6, 6.07) is 5.57. The lowest BCUT2D eigenvalue weighted by atomic mass is 10.1. The van der Waals surface area contributed by atoms with Gasteiger partial charge in [0.25, 0.3) is 0 Å². The molecule has 0 N–H and O–H groups in total. The van der Waals surface area contributed by atoms with Crippen molar-refractivity contribution in [2.24, 2.45) is 0 Å². The second-order valence-electron chi connectivity index (χ2n) is 7.06. The van der Waals surface area contributed by atoms with Crippen LogP contribution in [-0.2, 0) is 17.8 Å². The molecule has 0 radical (unpaired) electrons. The van der Waals surface area contributed by atoms with E-state index in [9.17, 15) is 4.79 Å². The number of hydrogen-bond donors (Lipinski definition) is 0. The van der Waals surface area contributed by atoms with Crippen LogP contribution < -0.4 is 9.47 Å². The monoisotopic (exact) mass is 360 g/mol. The number of carbonyl (C=O) groups excluding carboxylic acids is 1. The lowest BCUT2D eigenvalue weighted by molar-refractivity contribution is 0.0196. The normalized spacial score (nSPS) is 14.0. The van der Waals surface area contributed by atoms with Crippen molar-refractivity contribution >= 4 is 6.09 Å². The van der Waals surface area contributed by atoms with Gasteiger partial charge < -0.3 is 18.8 Å². The molecular weight excluding hydrogens is 336 g/mol. The molecular formula is C18H24N4O4. The van der Waals surface area contributed by atoms with E-state index < -0.39 is 5.60 Å². The minimum absolute atomic E-state index is 0.338. The number of benzene rings is 1. The highest BCUT2D eigenvalue weighted by Gasteiger charge is 2.29. The van der Waals surface area contributed by atoms with Crippen molar-refractivity contribution in [1.29, 1.82) is 0 Å². The van der Waals surface area contributed by atoms with Gasteiger partial charge in [0.15, 0.2) is 11.6 Å². The molecule has 2 heterocycles. The topological polar surface area (TPSA) is 78.7 Å². The molecule has 26 heavy (non-hydrogen) atoms. The first-order valence-corrected chi connectivity index (χ1v) is 8.45. The van der Waals surface area contributed by atoms with E-state index in [4.69, 9.17) is 14.2 Å². The van der Waals surface area contributed by atoms with E-state index in [0.29, 0.717) is 37.0 Å². The van der Waals surface area contributed by atoms with Crippen LogP contribution in [0.25, 0.3) is 11.4 Å². The van der Waals surface area contributed by atoms with Crippen LogP contribution in [0.4, 0.5) is 4.79 Å². The summed E-state index contributed by atoms with van der Waals surface area (Å²) in [4.78, 5) is 13.9. The Morgan fingerprint density at radius 3 is 2.54 bits per heavy atom. The van der Waals surface area contributed by atoms with Crippen molar-refractivity contribution in [2.75, 3.05) is 20.8 Å². The molecule has 0 aliphatic carbocycles. The maximum atomic E-state index is 12.3. The van der Waals surface area contributed by atoms with Crippen LogP contribution in [0, 0.1) is 0 Å². The molecule has 1 aliphatic heterocycles. The highest BCUT2D eigenvalue weighted by molar-refractivity contribution is 5.69. The molecule has 2 aromatic rings. The molecule has 1 aromatic carbocycles. The van der Waals surface area contributed by atoms with Crippen LogP contribution in [0.15, 0.2) is 18.2 Å². The number of rotatable bonds is 3. The van der Waals surface area contributed by atoms with Gasteiger partial charge in [-0.25, -0.2) is 4.79 Å². The van der Waals surface area contributed by atoms with Gasteiger partial charge in [-0.2, -0.15) is 0 Å². The van der Waals surface area contributed by atoms with Gasteiger partial charge in [0.2, 0.25) is 0 Å². The standard InChI is InChI=1S/C18H24N4O4/c1-18(2,3)26-17(23)21-8-9-22-15(11-21)19-20-16(22)13-7-6-12(24-4)10-14(13)25-5/h6-7,10H,8-9,11H2,1-5H3. The van der Waals surface area contributed by atoms with Crippen molar-refractivity contribution in [1.82, 2.24) is 19.7 Å². The second-order valence-corrected chi connectivity index (χ2v) is 7.06. The van der Waals surface area contributed by atoms with Gasteiger partial charge in [-0.15, -0.1) is 10.2 Å². The molecule has 8 nitrogen and oxygen atoms in total. The first-order valence-electron chi connectivity index (χ1n) is 8.45. The highest BCUT2D eigenvalue weighted by atomic mass is 16.6. The number of fused-ring (bicyclic) bond motifs is 1. The van der Waals surface area contributed by atoms with E-state index in [1.165, 1.54) is 0 Å². The summed E-state index contributed by atoms with van der Waals surface area (Å²) in [5.74, 6) is 2.80. The zero-order valence-electron chi connectivity index (χ0n) is 15.8. The average Bonchev–Trinajstić information content (AvgIpc) is 3.02. The summed E-state index contributed by atoms with van der Waals surface area (Å²) >= 11 is 0. The van der Waals surface area contributed by atoms with Crippen LogP contribution in [0.1, 0.15) is 26.6 Å². The van der Waals surface area contributed by atoms with E-state index in [2.05, 4.69) is 10.2 Å². The number of hydrogen-bond acceptors (Lipinski definition) is 6. The summed E-state index contributed by atoms with van der Waals surface area (Å²) in [5.41, 5.74) is 0.307. The largest absolute Gasteiger partial charge is 0.497 e. The minimum Gasteiger partial charge on any atom is -0.497 e. The molecule has 0 unspecified atom stereocenters. The Hall–Kier alpha value is -2.77. The lowest BCUT2D eigenvalue weighted by Crippen LogP contribution is -2.41. The van der Waals surface area contributed by atoms with Crippen LogP contribution in [0.3, 0.4) is 0 Å². The summed E-state index contributed by atoms with van der Waals surface area (Å²) < 4.78 is 18.2. The third kappa shape index (κ3) is 3.58. The van der Waals surface area contributed by atoms with Crippen molar-refractivity contribution in [3.05, 3.63) is 24.0 Å². The van der Waals surface area contributed by atoms with E-state index in [1.54, 1.807) is 19.1 Å². The summed E-state index contributed by atoms with van der Waals surface area (Å²) in [7, 11) is 3.22. The van der Waals surface area contributed by atoms with Gasteiger partial charge in [0.1, 0.15) is 17.1 Å². The third-order valence-corrected chi connectivity index (χ3v) is 4.05. The Morgan fingerprint density at radius 2 is 1.88 bits per heavy atom. The maximum Gasteiger partial charge on any atom is 0.410 e. The van der Waals surface area contributed by atoms with Gasteiger partial charge in [-0.1, -0.05) is 0 Å². The Labute approximate surface area is 152 Å². The fourth-order valence-electron chi connectivity index (χ4n) is 2.82. The lowest BCUT2D eigenvalue weighted by Gasteiger charge is -2.30. The smallest absolute Gasteiger partial charge is 0.410 e. The summed E-state index contributed by atoms with van der Waals surface area (Å²) in [5, 5.41) is 8.57. The molecule has 140 valence electrons. The molecule has 8 heteroatoms. The van der Waals surface area contributed by atoms with E-state index in [0.717, 1.165) is 11.4 Å². The SMILES string of the molecule is COc1ccc(-c2nnc3n2CCN(C(=O)OC(C)(C)C)C3)c(OC)c1. The number of amides is 1. The zero-order valence-corrected chi connectivity index (χ0v) is 15.8.